The molecule has 0 aliphatic rings. The van der Waals surface area contributed by atoms with E-state index >= 15 is 0 Å². The highest BCUT2D eigenvalue weighted by Gasteiger charge is 2.13. The van der Waals surface area contributed by atoms with E-state index in [1.165, 1.54) is 0 Å². The van der Waals surface area contributed by atoms with Crippen LogP contribution < -0.4 is 0 Å². The maximum absolute atomic E-state index is 13.2. The standard InChI is InChI=1S/C14H6F2N4/c15-9-5-11-12(6-10(9)16)20-14(13(7-17)19-11)8-1-3-18-4-2-8/h1-6H. The molecular formula is C14H6F2N4. The van der Waals surface area contributed by atoms with Crippen molar-refractivity contribution in [2.75, 3.05) is 0 Å². The van der Waals surface area contributed by atoms with Gasteiger partial charge in [0, 0.05) is 30.1 Å². The topological polar surface area (TPSA) is 62.5 Å². The van der Waals surface area contributed by atoms with Crippen LogP contribution in [0.2, 0.25) is 0 Å². The van der Waals surface area contributed by atoms with Gasteiger partial charge in [-0.25, -0.2) is 18.7 Å². The van der Waals surface area contributed by atoms with Crippen molar-refractivity contribution in [1.29, 1.82) is 5.26 Å². The first kappa shape index (κ1) is 12.1. The van der Waals surface area contributed by atoms with Crippen molar-refractivity contribution in [2.45, 2.75) is 0 Å². The third kappa shape index (κ3) is 1.95. The molecular weight excluding hydrogens is 262 g/mol. The zero-order valence-corrected chi connectivity index (χ0v) is 10.0. The normalized spacial score (nSPS) is 10.4. The van der Waals surface area contributed by atoms with Gasteiger partial charge < -0.3 is 0 Å². The number of rotatable bonds is 1. The second kappa shape index (κ2) is 4.63. The maximum atomic E-state index is 13.2. The summed E-state index contributed by atoms with van der Waals surface area (Å²) in [5.41, 5.74) is 1.33. The Morgan fingerprint density at radius 2 is 1.55 bits per heavy atom. The molecule has 0 spiro atoms. The van der Waals surface area contributed by atoms with E-state index in [4.69, 9.17) is 5.26 Å². The van der Waals surface area contributed by atoms with Crippen molar-refractivity contribution < 1.29 is 8.78 Å². The summed E-state index contributed by atoms with van der Waals surface area (Å²) in [6.45, 7) is 0. The summed E-state index contributed by atoms with van der Waals surface area (Å²) in [6, 6.07) is 7.12. The Hall–Kier alpha value is -2.94. The molecule has 4 nitrogen and oxygen atoms in total. The van der Waals surface area contributed by atoms with Gasteiger partial charge in [0.05, 0.1) is 11.0 Å². The van der Waals surface area contributed by atoms with E-state index in [2.05, 4.69) is 15.0 Å². The van der Waals surface area contributed by atoms with Gasteiger partial charge >= 0.3 is 0 Å². The molecule has 0 amide bonds. The molecule has 0 N–H and O–H groups in total. The van der Waals surface area contributed by atoms with Crippen LogP contribution in [0.3, 0.4) is 0 Å². The molecule has 3 rings (SSSR count). The number of pyridine rings is 1. The first-order chi connectivity index (χ1) is 9.69. The van der Waals surface area contributed by atoms with Gasteiger partial charge in [-0.1, -0.05) is 0 Å². The molecule has 2 aromatic heterocycles. The van der Waals surface area contributed by atoms with Gasteiger partial charge in [0.15, 0.2) is 17.3 Å². The van der Waals surface area contributed by atoms with Crippen molar-refractivity contribution in [3.63, 3.8) is 0 Å². The Bertz CT molecular complexity index is 841. The van der Waals surface area contributed by atoms with Crippen molar-refractivity contribution >= 4 is 11.0 Å². The van der Waals surface area contributed by atoms with Crippen LogP contribution in [0.1, 0.15) is 5.69 Å². The van der Waals surface area contributed by atoms with Gasteiger partial charge in [-0.15, -0.1) is 0 Å². The number of hydrogen-bond acceptors (Lipinski definition) is 4. The lowest BCUT2D eigenvalue weighted by molar-refractivity contribution is 0.510. The third-order valence-corrected chi connectivity index (χ3v) is 2.77. The fourth-order valence-corrected chi connectivity index (χ4v) is 1.84. The molecule has 0 fully saturated rings. The SMILES string of the molecule is N#Cc1nc2cc(F)c(F)cc2nc1-c1ccncc1. The monoisotopic (exact) mass is 268 g/mol. The zero-order chi connectivity index (χ0) is 14.1. The molecule has 0 atom stereocenters. The van der Waals surface area contributed by atoms with Crippen LogP contribution in [0.15, 0.2) is 36.7 Å². The molecule has 2 heterocycles. The van der Waals surface area contributed by atoms with Gasteiger partial charge in [0.25, 0.3) is 0 Å². The number of nitriles is 1. The lowest BCUT2D eigenvalue weighted by Gasteiger charge is -2.05. The first-order valence-corrected chi connectivity index (χ1v) is 5.66. The van der Waals surface area contributed by atoms with E-state index in [0.717, 1.165) is 12.1 Å². The lowest BCUT2D eigenvalue weighted by atomic mass is 10.1. The molecule has 0 radical (unpaired) electrons. The van der Waals surface area contributed by atoms with Crippen LogP contribution in [-0.2, 0) is 0 Å². The number of benzene rings is 1. The second-order valence-electron chi connectivity index (χ2n) is 4.02. The van der Waals surface area contributed by atoms with E-state index < -0.39 is 11.6 Å². The van der Waals surface area contributed by atoms with Gasteiger partial charge in [-0.05, 0) is 12.1 Å². The number of nitrogens with zero attached hydrogens (tertiary/aromatic N) is 4. The predicted molar refractivity (Wildman–Crippen MR) is 67.4 cm³/mol. The average Bonchev–Trinajstić information content (AvgIpc) is 2.48. The number of hydrogen-bond donors (Lipinski definition) is 0. The summed E-state index contributed by atoms with van der Waals surface area (Å²) in [5.74, 6) is -2.02. The van der Waals surface area contributed by atoms with Crippen LogP contribution >= 0.6 is 0 Å². The summed E-state index contributed by atoms with van der Waals surface area (Å²) in [6.07, 6.45) is 3.10. The third-order valence-electron chi connectivity index (χ3n) is 2.77. The molecule has 6 heteroatoms. The number of halogens is 2. The van der Waals surface area contributed by atoms with Crippen molar-refractivity contribution in [3.05, 3.63) is 54.0 Å². The summed E-state index contributed by atoms with van der Waals surface area (Å²) in [4.78, 5) is 12.1. The minimum atomic E-state index is -1.02. The molecule has 96 valence electrons. The molecule has 0 aliphatic heterocycles. The Morgan fingerprint density at radius 1 is 0.950 bits per heavy atom. The summed E-state index contributed by atoms with van der Waals surface area (Å²) < 4.78 is 26.4. The highest BCUT2D eigenvalue weighted by atomic mass is 19.2. The van der Waals surface area contributed by atoms with E-state index in [-0.39, 0.29) is 16.7 Å². The van der Waals surface area contributed by atoms with Crippen LogP contribution in [-0.4, -0.2) is 15.0 Å². The molecule has 0 saturated heterocycles. The smallest absolute Gasteiger partial charge is 0.167 e. The van der Waals surface area contributed by atoms with Crippen LogP contribution in [0, 0.1) is 23.0 Å². The second-order valence-corrected chi connectivity index (χ2v) is 4.02. The summed E-state index contributed by atoms with van der Waals surface area (Å²) >= 11 is 0. The zero-order valence-electron chi connectivity index (χ0n) is 10.0. The predicted octanol–water partition coefficient (Wildman–Crippen LogP) is 2.84. The fraction of sp³-hybridized carbons (Fsp3) is 0. The molecule has 0 saturated carbocycles. The van der Waals surface area contributed by atoms with Crippen LogP contribution in [0.25, 0.3) is 22.3 Å². The molecule has 0 unspecified atom stereocenters. The lowest BCUT2D eigenvalue weighted by Crippen LogP contribution is -1.97. The highest BCUT2D eigenvalue weighted by molar-refractivity contribution is 5.79. The Morgan fingerprint density at radius 3 is 2.15 bits per heavy atom. The Labute approximate surface area is 112 Å². The minimum absolute atomic E-state index is 0.0507. The average molecular weight is 268 g/mol. The van der Waals surface area contributed by atoms with E-state index in [9.17, 15) is 8.78 Å². The molecule has 3 aromatic rings. The molecule has 1 aromatic carbocycles. The number of aromatic nitrogens is 3. The molecule has 0 aliphatic carbocycles. The Kier molecular flexibility index (Phi) is 2.80. The van der Waals surface area contributed by atoms with Crippen molar-refractivity contribution in [3.8, 4) is 17.3 Å². The van der Waals surface area contributed by atoms with Crippen molar-refractivity contribution in [1.82, 2.24) is 15.0 Å². The summed E-state index contributed by atoms with van der Waals surface area (Å²) in [5, 5.41) is 9.13. The van der Waals surface area contributed by atoms with E-state index in [0.29, 0.717) is 11.3 Å². The van der Waals surface area contributed by atoms with Gasteiger partial charge in [-0.3, -0.25) is 4.98 Å². The first-order valence-electron chi connectivity index (χ1n) is 5.66. The Balaban J connectivity index is 2.33. The highest BCUT2D eigenvalue weighted by Crippen LogP contribution is 2.23. The van der Waals surface area contributed by atoms with Crippen LogP contribution in [0.5, 0.6) is 0 Å². The minimum Gasteiger partial charge on any atom is -0.265 e. The van der Waals surface area contributed by atoms with E-state index in [1.807, 2.05) is 6.07 Å². The van der Waals surface area contributed by atoms with E-state index in [1.54, 1.807) is 24.5 Å². The van der Waals surface area contributed by atoms with Gasteiger partial charge in [0.1, 0.15) is 11.8 Å². The van der Waals surface area contributed by atoms with Gasteiger partial charge in [0.2, 0.25) is 0 Å². The fourth-order valence-electron chi connectivity index (χ4n) is 1.84. The molecule has 0 bridgehead atoms. The van der Waals surface area contributed by atoms with Crippen molar-refractivity contribution in [2.24, 2.45) is 0 Å². The quantitative estimate of drug-likeness (QED) is 0.680. The van der Waals surface area contributed by atoms with Gasteiger partial charge in [-0.2, -0.15) is 5.26 Å². The number of fused-ring (bicyclic) bond motifs is 1. The maximum Gasteiger partial charge on any atom is 0.167 e. The largest absolute Gasteiger partial charge is 0.265 e. The summed E-state index contributed by atoms with van der Waals surface area (Å²) in [7, 11) is 0. The van der Waals surface area contributed by atoms with Crippen LogP contribution in [0.4, 0.5) is 8.78 Å². The molecule has 20 heavy (non-hydrogen) atoms.